The van der Waals surface area contributed by atoms with Crippen LogP contribution in [0.25, 0.3) is 0 Å². The molecule has 2 atom stereocenters. The predicted molar refractivity (Wildman–Crippen MR) is 90.0 cm³/mol. The third-order valence-electron chi connectivity index (χ3n) is 6.36. The molecule has 0 aromatic heterocycles. The fraction of sp³-hybridized carbons (Fsp3) is 0.850. The van der Waals surface area contributed by atoms with Crippen molar-refractivity contribution in [3.8, 4) is 0 Å². The van der Waals surface area contributed by atoms with Crippen LogP contribution in [0.15, 0.2) is 11.8 Å². The van der Waals surface area contributed by atoms with Crippen LogP contribution in [0.4, 0.5) is 0 Å². The largest absolute Gasteiger partial charge is 0.457 e. The van der Waals surface area contributed by atoms with Gasteiger partial charge in [0.2, 0.25) is 12.0 Å². The van der Waals surface area contributed by atoms with E-state index < -0.39 is 0 Å². The molecular weight excluding hydrogens is 304 g/mol. The van der Waals surface area contributed by atoms with Gasteiger partial charge in [0.15, 0.2) is 0 Å². The number of ether oxygens (including phenoxy) is 3. The molecule has 4 aliphatic rings. The summed E-state index contributed by atoms with van der Waals surface area (Å²) in [4.78, 5) is 12.7. The summed E-state index contributed by atoms with van der Waals surface area (Å²) in [5.74, 6) is 1.46. The Morgan fingerprint density at radius 3 is 2.17 bits per heavy atom. The Balaban J connectivity index is 1.43. The van der Waals surface area contributed by atoms with Gasteiger partial charge in [0.25, 0.3) is 0 Å². The van der Waals surface area contributed by atoms with Crippen LogP contribution >= 0.6 is 0 Å². The monoisotopic (exact) mass is 334 g/mol. The third-order valence-corrected chi connectivity index (χ3v) is 6.36. The fourth-order valence-corrected chi connectivity index (χ4v) is 5.02. The molecule has 2 unspecified atom stereocenters. The van der Waals surface area contributed by atoms with Crippen molar-refractivity contribution in [2.75, 3.05) is 6.61 Å². The van der Waals surface area contributed by atoms with Crippen LogP contribution in [-0.4, -0.2) is 25.0 Å². The van der Waals surface area contributed by atoms with Crippen LogP contribution in [0.5, 0.6) is 0 Å². The van der Waals surface area contributed by atoms with Gasteiger partial charge in [-0.3, -0.25) is 0 Å². The summed E-state index contributed by atoms with van der Waals surface area (Å²) in [6.07, 6.45) is 15.3. The number of hydrogen-bond donors (Lipinski definition) is 0. The van der Waals surface area contributed by atoms with E-state index in [2.05, 4.69) is 0 Å². The minimum absolute atomic E-state index is 0.0870. The molecule has 2 heterocycles. The van der Waals surface area contributed by atoms with Crippen LogP contribution in [0.1, 0.15) is 70.6 Å². The van der Waals surface area contributed by atoms with E-state index in [0.29, 0.717) is 17.6 Å². The van der Waals surface area contributed by atoms with Crippen molar-refractivity contribution in [2.24, 2.45) is 17.8 Å². The summed E-state index contributed by atoms with van der Waals surface area (Å²) in [6.45, 7) is 0.723. The van der Waals surface area contributed by atoms with Gasteiger partial charge in [-0.1, -0.05) is 38.5 Å². The quantitative estimate of drug-likeness (QED) is 0.718. The van der Waals surface area contributed by atoms with Gasteiger partial charge in [0, 0.05) is 5.92 Å². The van der Waals surface area contributed by atoms with E-state index in [1.165, 1.54) is 64.2 Å². The zero-order chi connectivity index (χ0) is 16.4. The van der Waals surface area contributed by atoms with Gasteiger partial charge in [0.05, 0.1) is 6.61 Å². The number of carbonyl (C=O) groups is 1. The Morgan fingerprint density at radius 1 is 0.958 bits per heavy atom. The van der Waals surface area contributed by atoms with Crippen molar-refractivity contribution in [1.29, 1.82) is 0 Å². The molecule has 2 saturated carbocycles. The lowest BCUT2D eigenvalue weighted by Gasteiger charge is -2.37. The summed E-state index contributed by atoms with van der Waals surface area (Å²) in [7, 11) is 0. The Labute approximate surface area is 144 Å². The summed E-state index contributed by atoms with van der Waals surface area (Å²) >= 11 is 0. The van der Waals surface area contributed by atoms with Crippen molar-refractivity contribution in [2.45, 2.75) is 83.0 Å². The maximum atomic E-state index is 12.7. The number of hydrogen-bond acceptors (Lipinski definition) is 4. The highest BCUT2D eigenvalue weighted by atomic mass is 16.7. The number of rotatable bonds is 4. The third kappa shape index (κ3) is 3.49. The second-order valence-corrected chi connectivity index (χ2v) is 8.01. The summed E-state index contributed by atoms with van der Waals surface area (Å²) in [5.41, 5.74) is 0. The van der Waals surface area contributed by atoms with Crippen LogP contribution in [0.2, 0.25) is 0 Å². The first-order chi connectivity index (χ1) is 11.8. The molecule has 1 saturated heterocycles. The molecule has 134 valence electrons. The van der Waals surface area contributed by atoms with Crippen LogP contribution in [0.3, 0.4) is 0 Å². The van der Waals surface area contributed by atoms with Gasteiger partial charge < -0.3 is 14.2 Å². The minimum Gasteiger partial charge on any atom is -0.457 e. The first-order valence-corrected chi connectivity index (χ1v) is 10.0. The maximum absolute atomic E-state index is 12.7. The van der Waals surface area contributed by atoms with Gasteiger partial charge >= 0.3 is 5.97 Å². The van der Waals surface area contributed by atoms with Gasteiger partial charge in [-0.25, -0.2) is 4.79 Å². The lowest BCUT2D eigenvalue weighted by Crippen LogP contribution is -2.37. The van der Waals surface area contributed by atoms with E-state index in [9.17, 15) is 4.79 Å². The number of esters is 1. The predicted octanol–water partition coefficient (Wildman–Crippen LogP) is 4.34. The van der Waals surface area contributed by atoms with E-state index in [1.807, 2.05) is 6.08 Å². The Bertz CT molecular complexity index is 456. The highest BCUT2D eigenvalue weighted by molar-refractivity contribution is 5.87. The van der Waals surface area contributed by atoms with Crippen molar-refractivity contribution in [1.82, 2.24) is 0 Å². The molecule has 0 bridgehead atoms. The average Bonchev–Trinajstić information content (AvgIpc) is 3.23. The summed E-state index contributed by atoms with van der Waals surface area (Å²) in [5, 5.41) is 0. The zero-order valence-electron chi connectivity index (χ0n) is 14.6. The van der Waals surface area contributed by atoms with Crippen molar-refractivity contribution in [3.63, 3.8) is 0 Å². The fourth-order valence-electron chi connectivity index (χ4n) is 5.02. The standard InChI is InChI=1S/C20H30O4/c21-19(17-13-16-11-12-22-20(16)23-17)24-18(14-7-3-1-4-8-14)15-9-5-2-6-10-15/h13-16,18,20H,1-12H2. The first-order valence-electron chi connectivity index (χ1n) is 10.0. The molecule has 3 fully saturated rings. The maximum Gasteiger partial charge on any atom is 0.373 e. The van der Waals surface area contributed by atoms with Crippen molar-refractivity contribution < 1.29 is 19.0 Å². The number of fused-ring (bicyclic) bond motifs is 1. The highest BCUT2D eigenvalue weighted by Gasteiger charge is 2.40. The summed E-state index contributed by atoms with van der Waals surface area (Å²) < 4.78 is 17.3. The van der Waals surface area contributed by atoms with E-state index in [-0.39, 0.29) is 24.3 Å². The molecule has 0 aromatic carbocycles. The lowest BCUT2D eigenvalue weighted by atomic mass is 9.75. The first kappa shape index (κ1) is 16.4. The van der Waals surface area contributed by atoms with Crippen LogP contribution in [-0.2, 0) is 19.0 Å². The molecule has 0 spiro atoms. The average molecular weight is 334 g/mol. The highest BCUT2D eigenvalue weighted by Crippen LogP contribution is 2.39. The summed E-state index contributed by atoms with van der Waals surface area (Å²) in [6, 6.07) is 0. The van der Waals surface area contributed by atoms with Gasteiger partial charge in [0.1, 0.15) is 6.10 Å². The normalized spacial score (nSPS) is 31.6. The van der Waals surface area contributed by atoms with E-state index in [1.54, 1.807) is 0 Å². The molecule has 0 amide bonds. The molecule has 0 radical (unpaired) electrons. The van der Waals surface area contributed by atoms with E-state index in [0.717, 1.165) is 13.0 Å². The van der Waals surface area contributed by atoms with Gasteiger partial charge in [-0.2, -0.15) is 0 Å². The Hall–Kier alpha value is -1.03. The molecule has 4 nitrogen and oxygen atoms in total. The molecular formula is C20H30O4. The lowest BCUT2D eigenvalue weighted by molar-refractivity contribution is -0.162. The van der Waals surface area contributed by atoms with E-state index in [4.69, 9.17) is 14.2 Å². The van der Waals surface area contributed by atoms with Crippen LogP contribution in [0, 0.1) is 17.8 Å². The van der Waals surface area contributed by atoms with Gasteiger partial charge in [-0.05, 0) is 50.0 Å². The Morgan fingerprint density at radius 2 is 1.58 bits per heavy atom. The molecule has 24 heavy (non-hydrogen) atoms. The molecule has 4 rings (SSSR count). The molecule has 0 aromatic rings. The molecule has 0 N–H and O–H groups in total. The molecule has 2 aliphatic heterocycles. The smallest absolute Gasteiger partial charge is 0.373 e. The van der Waals surface area contributed by atoms with Crippen LogP contribution < -0.4 is 0 Å². The second-order valence-electron chi connectivity index (χ2n) is 8.01. The number of carbonyl (C=O) groups excluding carboxylic acids is 1. The SMILES string of the molecule is O=C(OC(C1CCCCC1)C1CCCCC1)C1=CC2CCOC2O1. The minimum atomic E-state index is -0.255. The molecule has 2 aliphatic carbocycles. The molecule has 4 heteroatoms. The topological polar surface area (TPSA) is 44.8 Å². The van der Waals surface area contributed by atoms with Gasteiger partial charge in [-0.15, -0.1) is 0 Å². The zero-order valence-corrected chi connectivity index (χ0v) is 14.6. The van der Waals surface area contributed by atoms with E-state index >= 15 is 0 Å². The Kier molecular flexibility index (Phi) is 5.11. The van der Waals surface area contributed by atoms with Crippen molar-refractivity contribution >= 4 is 5.97 Å². The van der Waals surface area contributed by atoms with Crippen molar-refractivity contribution in [3.05, 3.63) is 11.8 Å². The second kappa shape index (κ2) is 7.47.